The van der Waals surface area contributed by atoms with E-state index in [1.54, 1.807) is 0 Å². The SMILES string of the molecule is CCSCCCn1cccc1CC(C)N. The fourth-order valence-electron chi connectivity index (χ4n) is 1.66. The van der Waals surface area contributed by atoms with Gasteiger partial charge >= 0.3 is 0 Å². The summed E-state index contributed by atoms with van der Waals surface area (Å²) < 4.78 is 2.33. The molecule has 86 valence electrons. The van der Waals surface area contributed by atoms with Crippen molar-refractivity contribution >= 4 is 11.8 Å². The largest absolute Gasteiger partial charge is 0.351 e. The van der Waals surface area contributed by atoms with Crippen molar-refractivity contribution in [1.82, 2.24) is 4.57 Å². The molecule has 15 heavy (non-hydrogen) atoms. The molecule has 0 aromatic carbocycles. The highest BCUT2D eigenvalue weighted by molar-refractivity contribution is 7.99. The average Bonchev–Trinajstić information content (AvgIpc) is 2.59. The van der Waals surface area contributed by atoms with E-state index in [2.05, 4.69) is 36.7 Å². The molecule has 1 rings (SSSR count). The molecule has 0 aliphatic heterocycles. The van der Waals surface area contributed by atoms with Crippen LogP contribution in [0.5, 0.6) is 0 Å². The van der Waals surface area contributed by atoms with Crippen molar-refractivity contribution < 1.29 is 0 Å². The van der Waals surface area contributed by atoms with Gasteiger partial charge in [0.15, 0.2) is 0 Å². The van der Waals surface area contributed by atoms with E-state index in [4.69, 9.17) is 5.73 Å². The number of rotatable bonds is 7. The summed E-state index contributed by atoms with van der Waals surface area (Å²) in [7, 11) is 0. The van der Waals surface area contributed by atoms with Crippen molar-refractivity contribution in [2.75, 3.05) is 11.5 Å². The van der Waals surface area contributed by atoms with E-state index >= 15 is 0 Å². The summed E-state index contributed by atoms with van der Waals surface area (Å²) in [6, 6.07) is 4.55. The zero-order chi connectivity index (χ0) is 11.1. The monoisotopic (exact) mass is 226 g/mol. The molecule has 1 heterocycles. The molecule has 2 nitrogen and oxygen atoms in total. The minimum absolute atomic E-state index is 0.253. The van der Waals surface area contributed by atoms with Gasteiger partial charge in [0.25, 0.3) is 0 Å². The van der Waals surface area contributed by atoms with E-state index in [0.717, 1.165) is 13.0 Å². The zero-order valence-corrected chi connectivity index (χ0v) is 10.6. The highest BCUT2D eigenvalue weighted by atomic mass is 32.2. The molecule has 1 atom stereocenters. The lowest BCUT2D eigenvalue weighted by Crippen LogP contribution is -2.20. The predicted octanol–water partition coefficient (Wildman–Crippen LogP) is 2.52. The molecule has 0 radical (unpaired) electrons. The van der Waals surface area contributed by atoms with Crippen LogP contribution in [0.15, 0.2) is 18.3 Å². The van der Waals surface area contributed by atoms with Gasteiger partial charge in [-0.1, -0.05) is 6.92 Å². The van der Waals surface area contributed by atoms with E-state index in [1.165, 1.54) is 23.6 Å². The van der Waals surface area contributed by atoms with Gasteiger partial charge in [-0.25, -0.2) is 0 Å². The molecule has 1 aromatic heterocycles. The Labute approximate surface area is 97.2 Å². The fraction of sp³-hybridized carbons (Fsp3) is 0.667. The van der Waals surface area contributed by atoms with Crippen molar-refractivity contribution in [3.05, 3.63) is 24.0 Å². The van der Waals surface area contributed by atoms with Crippen LogP contribution >= 0.6 is 11.8 Å². The third-order valence-corrected chi connectivity index (χ3v) is 3.33. The molecule has 0 spiro atoms. The summed E-state index contributed by atoms with van der Waals surface area (Å²) in [5.74, 6) is 2.48. The minimum Gasteiger partial charge on any atom is -0.351 e. The predicted molar refractivity (Wildman–Crippen MR) is 69.4 cm³/mol. The molecule has 0 aliphatic rings. The molecule has 1 aromatic rings. The highest BCUT2D eigenvalue weighted by Gasteiger charge is 2.03. The molecule has 0 saturated heterocycles. The van der Waals surface area contributed by atoms with Crippen molar-refractivity contribution in [2.24, 2.45) is 5.73 Å². The second-order valence-electron chi connectivity index (χ2n) is 3.92. The third-order valence-electron chi connectivity index (χ3n) is 2.35. The van der Waals surface area contributed by atoms with Crippen LogP contribution in [0.25, 0.3) is 0 Å². The Balaban J connectivity index is 2.36. The van der Waals surface area contributed by atoms with Gasteiger partial charge in [0, 0.05) is 30.9 Å². The van der Waals surface area contributed by atoms with Gasteiger partial charge in [-0.2, -0.15) is 11.8 Å². The number of aromatic nitrogens is 1. The Bertz CT molecular complexity index is 268. The van der Waals surface area contributed by atoms with Gasteiger partial charge in [-0.15, -0.1) is 0 Å². The van der Waals surface area contributed by atoms with Crippen LogP contribution < -0.4 is 5.73 Å². The van der Waals surface area contributed by atoms with Crippen LogP contribution in [0.4, 0.5) is 0 Å². The zero-order valence-electron chi connectivity index (χ0n) is 9.78. The summed E-state index contributed by atoms with van der Waals surface area (Å²) in [6.45, 7) is 5.40. The second kappa shape index (κ2) is 6.96. The number of nitrogens with zero attached hydrogens (tertiary/aromatic N) is 1. The van der Waals surface area contributed by atoms with E-state index in [1.807, 2.05) is 11.8 Å². The summed E-state index contributed by atoms with van der Waals surface area (Å²) in [5.41, 5.74) is 7.18. The summed E-state index contributed by atoms with van der Waals surface area (Å²) in [6.07, 6.45) is 4.39. The van der Waals surface area contributed by atoms with E-state index in [-0.39, 0.29) is 6.04 Å². The van der Waals surface area contributed by atoms with E-state index in [0.29, 0.717) is 0 Å². The minimum atomic E-state index is 0.253. The number of thioether (sulfide) groups is 1. The lowest BCUT2D eigenvalue weighted by atomic mass is 10.2. The van der Waals surface area contributed by atoms with Crippen molar-refractivity contribution in [3.63, 3.8) is 0 Å². The fourth-order valence-corrected chi connectivity index (χ4v) is 2.29. The second-order valence-corrected chi connectivity index (χ2v) is 5.32. The smallest absolute Gasteiger partial charge is 0.0230 e. The first kappa shape index (κ1) is 12.7. The highest BCUT2D eigenvalue weighted by Crippen LogP contribution is 2.08. The molecular weight excluding hydrogens is 204 g/mol. The normalized spacial score (nSPS) is 13.0. The standard InChI is InChI=1S/C12H22N2S/c1-3-15-9-5-8-14-7-4-6-12(14)10-11(2)13/h4,6-7,11H,3,5,8-10,13H2,1-2H3. The van der Waals surface area contributed by atoms with Crippen LogP contribution in [-0.4, -0.2) is 22.1 Å². The first-order valence-corrected chi connectivity index (χ1v) is 6.87. The van der Waals surface area contributed by atoms with Gasteiger partial charge in [-0.05, 0) is 37.0 Å². The van der Waals surface area contributed by atoms with Crippen LogP contribution in [0.3, 0.4) is 0 Å². The first-order valence-electron chi connectivity index (χ1n) is 5.71. The van der Waals surface area contributed by atoms with Gasteiger partial charge in [0.2, 0.25) is 0 Å². The van der Waals surface area contributed by atoms with Gasteiger partial charge in [0.05, 0.1) is 0 Å². The molecule has 0 aliphatic carbocycles. The number of hydrogen-bond donors (Lipinski definition) is 1. The van der Waals surface area contributed by atoms with Gasteiger partial charge in [0.1, 0.15) is 0 Å². The molecule has 3 heteroatoms. The Morgan fingerprint density at radius 2 is 2.33 bits per heavy atom. The Kier molecular flexibility index (Phi) is 5.88. The molecule has 0 saturated carbocycles. The Morgan fingerprint density at radius 3 is 3.00 bits per heavy atom. The lowest BCUT2D eigenvalue weighted by Gasteiger charge is -2.10. The average molecular weight is 226 g/mol. The van der Waals surface area contributed by atoms with Crippen LogP contribution in [0.2, 0.25) is 0 Å². The number of aryl methyl sites for hydroxylation is 1. The van der Waals surface area contributed by atoms with E-state index in [9.17, 15) is 0 Å². The first-order chi connectivity index (χ1) is 7.24. The molecule has 0 bridgehead atoms. The van der Waals surface area contributed by atoms with Crippen molar-refractivity contribution in [1.29, 1.82) is 0 Å². The molecule has 1 unspecified atom stereocenters. The van der Waals surface area contributed by atoms with Gasteiger partial charge < -0.3 is 10.3 Å². The maximum Gasteiger partial charge on any atom is 0.0230 e. The van der Waals surface area contributed by atoms with Crippen molar-refractivity contribution in [2.45, 2.75) is 39.3 Å². The Morgan fingerprint density at radius 1 is 1.53 bits per heavy atom. The topological polar surface area (TPSA) is 30.9 Å². The summed E-state index contributed by atoms with van der Waals surface area (Å²) in [5, 5.41) is 0. The van der Waals surface area contributed by atoms with Crippen molar-refractivity contribution in [3.8, 4) is 0 Å². The maximum absolute atomic E-state index is 5.81. The van der Waals surface area contributed by atoms with Crippen LogP contribution in [0, 0.1) is 0 Å². The molecule has 0 fully saturated rings. The lowest BCUT2D eigenvalue weighted by molar-refractivity contribution is 0.620. The number of hydrogen-bond acceptors (Lipinski definition) is 2. The maximum atomic E-state index is 5.81. The molecular formula is C12H22N2S. The molecule has 0 amide bonds. The summed E-state index contributed by atoms with van der Waals surface area (Å²) >= 11 is 2.01. The number of nitrogens with two attached hydrogens (primary N) is 1. The third kappa shape index (κ3) is 4.76. The van der Waals surface area contributed by atoms with Gasteiger partial charge in [-0.3, -0.25) is 0 Å². The molecule has 2 N–H and O–H groups in total. The quantitative estimate of drug-likeness (QED) is 0.724. The van der Waals surface area contributed by atoms with Crippen LogP contribution in [-0.2, 0) is 13.0 Å². The van der Waals surface area contributed by atoms with Crippen LogP contribution in [0.1, 0.15) is 26.0 Å². The Hall–Kier alpha value is -0.410. The summed E-state index contributed by atoms with van der Waals surface area (Å²) in [4.78, 5) is 0. The van der Waals surface area contributed by atoms with E-state index < -0.39 is 0 Å².